The summed E-state index contributed by atoms with van der Waals surface area (Å²) in [5, 5.41) is 3.61. The van der Waals surface area contributed by atoms with Gasteiger partial charge >= 0.3 is 0 Å². The molecule has 1 atom stereocenters. The van der Waals surface area contributed by atoms with E-state index in [2.05, 4.69) is 11.4 Å². The molecular formula is C18H17NO4. The minimum absolute atomic E-state index is 0.227. The second kappa shape index (κ2) is 4.80. The Bertz CT molecular complexity index is 802. The molecule has 0 aliphatic carbocycles. The molecule has 0 radical (unpaired) electrons. The standard InChI is InChI=1S/C18H17NO4/c1-20-13-3-2-10-4-5-19-12-6-11-7-15-16(22-9-21-15)8-14(11)23-18(13)17(10)12/h2-3,7-8,12,19H,4-6,9H2,1H3. The molecule has 118 valence electrons. The fourth-order valence-electron chi connectivity index (χ4n) is 3.69. The molecule has 23 heavy (non-hydrogen) atoms. The number of ether oxygens (including phenoxy) is 4. The molecular weight excluding hydrogens is 294 g/mol. The molecule has 0 fully saturated rings. The number of hydrogen-bond donors (Lipinski definition) is 1. The van der Waals surface area contributed by atoms with Gasteiger partial charge in [0.15, 0.2) is 23.0 Å². The van der Waals surface area contributed by atoms with Gasteiger partial charge < -0.3 is 24.3 Å². The summed E-state index contributed by atoms with van der Waals surface area (Å²) in [4.78, 5) is 0. The van der Waals surface area contributed by atoms with Gasteiger partial charge in [0, 0.05) is 23.2 Å². The van der Waals surface area contributed by atoms with E-state index >= 15 is 0 Å². The monoisotopic (exact) mass is 311 g/mol. The molecule has 2 aromatic rings. The Kier molecular flexibility index (Phi) is 2.73. The van der Waals surface area contributed by atoms with Gasteiger partial charge in [0.25, 0.3) is 0 Å². The van der Waals surface area contributed by atoms with Crippen molar-refractivity contribution in [2.24, 2.45) is 0 Å². The maximum atomic E-state index is 6.30. The second-order valence-corrected chi connectivity index (χ2v) is 6.05. The number of rotatable bonds is 1. The van der Waals surface area contributed by atoms with Crippen LogP contribution < -0.4 is 24.3 Å². The van der Waals surface area contributed by atoms with Crippen LogP contribution in [0, 0.1) is 0 Å². The highest BCUT2D eigenvalue weighted by molar-refractivity contribution is 5.60. The first-order chi connectivity index (χ1) is 11.3. The molecule has 5 heteroatoms. The molecule has 3 aliphatic heterocycles. The fourth-order valence-corrected chi connectivity index (χ4v) is 3.69. The van der Waals surface area contributed by atoms with E-state index in [4.69, 9.17) is 18.9 Å². The average Bonchev–Trinajstić information content (AvgIpc) is 2.95. The normalized spacial score (nSPS) is 20.1. The Labute approximate surface area is 134 Å². The van der Waals surface area contributed by atoms with E-state index in [0.29, 0.717) is 0 Å². The predicted octanol–water partition coefficient (Wildman–Crippen LogP) is 2.96. The van der Waals surface area contributed by atoms with Crippen LogP contribution in [0.3, 0.4) is 0 Å². The lowest BCUT2D eigenvalue weighted by atomic mass is 9.90. The summed E-state index contributed by atoms with van der Waals surface area (Å²) in [6, 6.07) is 8.33. The summed E-state index contributed by atoms with van der Waals surface area (Å²) in [6.07, 6.45) is 1.87. The molecule has 5 rings (SSSR count). The summed E-state index contributed by atoms with van der Waals surface area (Å²) in [6.45, 7) is 1.24. The average molecular weight is 311 g/mol. The zero-order valence-corrected chi connectivity index (χ0v) is 12.8. The Morgan fingerprint density at radius 1 is 1.09 bits per heavy atom. The predicted molar refractivity (Wildman–Crippen MR) is 83.8 cm³/mol. The van der Waals surface area contributed by atoms with Crippen molar-refractivity contribution in [2.75, 3.05) is 20.4 Å². The van der Waals surface area contributed by atoms with Gasteiger partial charge in [-0.05, 0) is 37.1 Å². The fraction of sp³-hybridized carbons (Fsp3) is 0.333. The molecule has 0 saturated heterocycles. The number of methoxy groups -OCH3 is 1. The Morgan fingerprint density at radius 2 is 1.96 bits per heavy atom. The van der Waals surface area contributed by atoms with Crippen LogP contribution in [0.25, 0.3) is 0 Å². The van der Waals surface area contributed by atoms with Crippen molar-refractivity contribution in [3.8, 4) is 28.7 Å². The maximum absolute atomic E-state index is 6.30. The highest BCUT2D eigenvalue weighted by Gasteiger charge is 2.32. The number of benzene rings is 2. The van der Waals surface area contributed by atoms with Crippen molar-refractivity contribution in [1.82, 2.24) is 5.32 Å². The molecule has 1 N–H and O–H groups in total. The van der Waals surface area contributed by atoms with Crippen LogP contribution in [0.15, 0.2) is 24.3 Å². The summed E-state index contributed by atoms with van der Waals surface area (Å²) in [5.41, 5.74) is 3.67. The Balaban J connectivity index is 1.71. The van der Waals surface area contributed by atoms with E-state index in [0.717, 1.165) is 53.7 Å². The lowest BCUT2D eigenvalue weighted by Gasteiger charge is -2.27. The van der Waals surface area contributed by atoms with E-state index in [-0.39, 0.29) is 12.8 Å². The van der Waals surface area contributed by atoms with E-state index in [1.807, 2.05) is 18.2 Å². The summed E-state index contributed by atoms with van der Waals surface area (Å²) in [7, 11) is 1.68. The highest BCUT2D eigenvalue weighted by Crippen LogP contribution is 2.49. The molecule has 0 saturated carbocycles. The van der Waals surface area contributed by atoms with Crippen LogP contribution in [-0.4, -0.2) is 20.4 Å². The third-order valence-electron chi connectivity index (χ3n) is 4.80. The molecule has 0 amide bonds. The molecule has 1 unspecified atom stereocenters. The van der Waals surface area contributed by atoms with Crippen molar-refractivity contribution >= 4 is 0 Å². The molecule has 0 aromatic heterocycles. The van der Waals surface area contributed by atoms with Crippen LogP contribution in [0.4, 0.5) is 0 Å². The maximum Gasteiger partial charge on any atom is 0.231 e. The van der Waals surface area contributed by atoms with Crippen LogP contribution in [-0.2, 0) is 12.8 Å². The molecule has 2 aromatic carbocycles. The van der Waals surface area contributed by atoms with Gasteiger partial charge in [0.2, 0.25) is 6.79 Å². The smallest absolute Gasteiger partial charge is 0.231 e. The van der Waals surface area contributed by atoms with Crippen molar-refractivity contribution in [1.29, 1.82) is 0 Å². The number of fused-ring (bicyclic) bond motifs is 2. The van der Waals surface area contributed by atoms with E-state index < -0.39 is 0 Å². The number of nitrogens with one attached hydrogen (secondary N) is 1. The summed E-state index contributed by atoms with van der Waals surface area (Å²) >= 11 is 0. The van der Waals surface area contributed by atoms with Crippen molar-refractivity contribution in [3.63, 3.8) is 0 Å². The van der Waals surface area contributed by atoms with Gasteiger partial charge in [-0.3, -0.25) is 0 Å². The Morgan fingerprint density at radius 3 is 2.83 bits per heavy atom. The van der Waals surface area contributed by atoms with E-state index in [9.17, 15) is 0 Å². The van der Waals surface area contributed by atoms with Crippen LogP contribution in [0.5, 0.6) is 28.7 Å². The zero-order valence-electron chi connectivity index (χ0n) is 12.8. The molecule has 5 nitrogen and oxygen atoms in total. The lowest BCUT2D eigenvalue weighted by Crippen LogP contribution is -2.30. The van der Waals surface area contributed by atoms with Gasteiger partial charge in [0.1, 0.15) is 5.75 Å². The van der Waals surface area contributed by atoms with Crippen molar-refractivity contribution in [3.05, 3.63) is 41.0 Å². The largest absolute Gasteiger partial charge is 0.493 e. The summed E-state index contributed by atoms with van der Waals surface area (Å²) in [5.74, 6) is 3.93. The van der Waals surface area contributed by atoms with Crippen LogP contribution in [0.2, 0.25) is 0 Å². The van der Waals surface area contributed by atoms with Crippen LogP contribution >= 0.6 is 0 Å². The third kappa shape index (κ3) is 1.90. The zero-order chi connectivity index (χ0) is 15.4. The summed E-state index contributed by atoms with van der Waals surface area (Å²) < 4.78 is 22.8. The molecule has 0 spiro atoms. The topological polar surface area (TPSA) is 49.0 Å². The molecule has 3 heterocycles. The van der Waals surface area contributed by atoms with Gasteiger partial charge in [-0.1, -0.05) is 6.07 Å². The quantitative estimate of drug-likeness (QED) is 0.877. The minimum atomic E-state index is 0.227. The van der Waals surface area contributed by atoms with Gasteiger partial charge in [-0.25, -0.2) is 0 Å². The van der Waals surface area contributed by atoms with Gasteiger partial charge in [0.05, 0.1) is 7.11 Å². The molecule has 0 bridgehead atoms. The van der Waals surface area contributed by atoms with E-state index in [1.165, 1.54) is 11.1 Å². The third-order valence-corrected chi connectivity index (χ3v) is 4.80. The van der Waals surface area contributed by atoms with Gasteiger partial charge in [-0.2, -0.15) is 0 Å². The van der Waals surface area contributed by atoms with Gasteiger partial charge in [-0.15, -0.1) is 0 Å². The van der Waals surface area contributed by atoms with Crippen molar-refractivity contribution < 1.29 is 18.9 Å². The highest BCUT2D eigenvalue weighted by atomic mass is 16.7. The second-order valence-electron chi connectivity index (χ2n) is 6.05. The Hall–Kier alpha value is -2.40. The first-order valence-electron chi connectivity index (χ1n) is 7.87. The number of hydrogen-bond acceptors (Lipinski definition) is 5. The first kappa shape index (κ1) is 13.1. The minimum Gasteiger partial charge on any atom is -0.493 e. The first-order valence-corrected chi connectivity index (χ1v) is 7.87. The SMILES string of the molecule is COc1ccc2c3c1Oc1cc4c(cc1CC3NCC2)OCO4. The van der Waals surface area contributed by atoms with Crippen molar-refractivity contribution in [2.45, 2.75) is 18.9 Å². The van der Waals surface area contributed by atoms with E-state index in [1.54, 1.807) is 7.11 Å². The van der Waals surface area contributed by atoms with Crippen LogP contribution in [0.1, 0.15) is 22.7 Å². The lowest BCUT2D eigenvalue weighted by molar-refractivity contribution is 0.174. The molecule has 3 aliphatic rings.